The number of carbonyl (C=O) groups is 1. The number of rotatable bonds is 2. The number of nitrogens with zero attached hydrogens (tertiary/aromatic N) is 3. The molecule has 5 nitrogen and oxygen atoms in total. The summed E-state index contributed by atoms with van der Waals surface area (Å²) in [5.41, 5.74) is 0.966. The Morgan fingerprint density at radius 1 is 1.22 bits per heavy atom. The summed E-state index contributed by atoms with van der Waals surface area (Å²) in [6.45, 7) is 0. The van der Waals surface area contributed by atoms with E-state index in [0.717, 1.165) is 0 Å². The minimum absolute atomic E-state index is 0.295. The van der Waals surface area contributed by atoms with E-state index in [4.69, 9.17) is 5.26 Å². The molecule has 0 atom stereocenters. The number of carbonyl (C=O) groups excluding carboxylic acids is 1. The molecule has 88 valence electrons. The highest BCUT2D eigenvalue weighted by molar-refractivity contribution is 9.10. The molecule has 0 fully saturated rings. The zero-order chi connectivity index (χ0) is 13.0. The molecule has 1 aromatic carbocycles. The summed E-state index contributed by atoms with van der Waals surface area (Å²) >= 11 is 3.16. The van der Waals surface area contributed by atoms with Crippen molar-refractivity contribution in [1.82, 2.24) is 9.97 Å². The predicted molar refractivity (Wildman–Crippen MR) is 68.8 cm³/mol. The first-order chi connectivity index (χ1) is 8.69. The van der Waals surface area contributed by atoms with Gasteiger partial charge in [0.2, 0.25) is 0 Å². The lowest BCUT2D eigenvalue weighted by molar-refractivity contribution is 0.102. The first kappa shape index (κ1) is 12.2. The largest absolute Gasteiger partial charge is 0.305 e. The third-order valence-electron chi connectivity index (χ3n) is 2.14. The van der Waals surface area contributed by atoms with Crippen molar-refractivity contribution in [2.45, 2.75) is 0 Å². The van der Waals surface area contributed by atoms with E-state index in [2.05, 4.69) is 31.2 Å². The molecule has 0 spiro atoms. The SMILES string of the molecule is N#Cc1ccc(C(=O)Nc2cnc(Br)cn2)cc1. The number of aromatic nitrogens is 2. The molecule has 0 radical (unpaired) electrons. The number of benzene rings is 1. The van der Waals surface area contributed by atoms with Crippen molar-refractivity contribution in [2.24, 2.45) is 0 Å². The Labute approximate surface area is 112 Å². The van der Waals surface area contributed by atoms with E-state index in [1.54, 1.807) is 24.3 Å². The summed E-state index contributed by atoms with van der Waals surface area (Å²) in [7, 11) is 0. The summed E-state index contributed by atoms with van der Waals surface area (Å²) in [6.07, 6.45) is 2.94. The molecule has 0 aliphatic heterocycles. The second-order valence-corrected chi connectivity index (χ2v) is 4.18. The maximum atomic E-state index is 11.8. The summed E-state index contributed by atoms with van der Waals surface area (Å²) in [4.78, 5) is 19.8. The van der Waals surface area contributed by atoms with Crippen molar-refractivity contribution >= 4 is 27.7 Å². The topological polar surface area (TPSA) is 78.7 Å². The Kier molecular flexibility index (Phi) is 3.65. The lowest BCUT2D eigenvalue weighted by Gasteiger charge is -2.03. The average molecular weight is 303 g/mol. The zero-order valence-electron chi connectivity index (χ0n) is 9.09. The monoisotopic (exact) mass is 302 g/mol. The molecule has 1 amide bonds. The Morgan fingerprint density at radius 2 is 1.94 bits per heavy atom. The van der Waals surface area contributed by atoms with E-state index in [9.17, 15) is 4.79 Å². The number of nitriles is 1. The first-order valence-corrected chi connectivity index (χ1v) is 5.77. The second-order valence-electron chi connectivity index (χ2n) is 3.37. The molecule has 2 aromatic rings. The van der Waals surface area contributed by atoms with Crippen molar-refractivity contribution in [3.8, 4) is 6.07 Å². The van der Waals surface area contributed by atoms with Crippen LogP contribution in [0.5, 0.6) is 0 Å². The molecule has 6 heteroatoms. The Hall–Kier alpha value is -2.26. The molecule has 18 heavy (non-hydrogen) atoms. The third-order valence-corrected chi connectivity index (χ3v) is 2.55. The zero-order valence-corrected chi connectivity index (χ0v) is 10.7. The van der Waals surface area contributed by atoms with Crippen LogP contribution >= 0.6 is 15.9 Å². The fourth-order valence-electron chi connectivity index (χ4n) is 1.26. The molecule has 0 unspecified atom stereocenters. The number of halogens is 1. The minimum Gasteiger partial charge on any atom is -0.305 e. The quantitative estimate of drug-likeness (QED) is 0.923. The molecular formula is C12H7BrN4O. The van der Waals surface area contributed by atoms with Gasteiger partial charge in [-0.1, -0.05) is 0 Å². The lowest BCUT2D eigenvalue weighted by Crippen LogP contribution is -2.13. The van der Waals surface area contributed by atoms with Gasteiger partial charge in [0.15, 0.2) is 5.82 Å². The molecular weight excluding hydrogens is 296 g/mol. The average Bonchev–Trinajstić information content (AvgIpc) is 2.41. The van der Waals surface area contributed by atoms with Gasteiger partial charge in [0, 0.05) is 5.56 Å². The fraction of sp³-hybridized carbons (Fsp3) is 0. The maximum absolute atomic E-state index is 11.8. The van der Waals surface area contributed by atoms with Gasteiger partial charge in [0.25, 0.3) is 5.91 Å². The predicted octanol–water partition coefficient (Wildman–Crippen LogP) is 2.36. The summed E-state index contributed by atoms with van der Waals surface area (Å²) in [6, 6.07) is 8.33. The molecule has 1 aromatic heterocycles. The Morgan fingerprint density at radius 3 is 2.50 bits per heavy atom. The summed E-state index contributed by atoms with van der Waals surface area (Å²) in [5, 5.41) is 11.3. The van der Waals surface area contributed by atoms with E-state index in [1.807, 2.05) is 6.07 Å². The standard InChI is InChI=1S/C12H7BrN4O/c13-10-6-16-11(7-15-10)17-12(18)9-3-1-8(5-14)2-4-9/h1-4,6-7H,(H,16,17,18). The molecule has 0 saturated carbocycles. The molecule has 0 aliphatic carbocycles. The van der Waals surface area contributed by atoms with Gasteiger partial charge in [-0.05, 0) is 40.2 Å². The van der Waals surface area contributed by atoms with Crippen molar-refractivity contribution in [3.05, 3.63) is 52.4 Å². The molecule has 2 rings (SSSR count). The number of amides is 1. The van der Waals surface area contributed by atoms with Crippen LogP contribution in [-0.2, 0) is 0 Å². The van der Waals surface area contributed by atoms with Crippen LogP contribution in [-0.4, -0.2) is 15.9 Å². The van der Waals surface area contributed by atoms with E-state index in [1.165, 1.54) is 12.4 Å². The van der Waals surface area contributed by atoms with Crippen molar-refractivity contribution in [2.75, 3.05) is 5.32 Å². The molecule has 0 saturated heterocycles. The number of nitrogens with one attached hydrogen (secondary N) is 1. The highest BCUT2D eigenvalue weighted by atomic mass is 79.9. The fourth-order valence-corrected chi connectivity index (χ4v) is 1.47. The summed E-state index contributed by atoms with van der Waals surface area (Å²) in [5.74, 6) is 0.0728. The van der Waals surface area contributed by atoms with E-state index < -0.39 is 0 Å². The van der Waals surface area contributed by atoms with Gasteiger partial charge >= 0.3 is 0 Å². The Balaban J connectivity index is 2.12. The number of hydrogen-bond donors (Lipinski definition) is 1. The van der Waals surface area contributed by atoms with Gasteiger partial charge in [0.05, 0.1) is 24.0 Å². The van der Waals surface area contributed by atoms with Crippen LogP contribution in [0.1, 0.15) is 15.9 Å². The lowest BCUT2D eigenvalue weighted by atomic mass is 10.1. The van der Waals surface area contributed by atoms with Crippen molar-refractivity contribution < 1.29 is 4.79 Å². The van der Waals surface area contributed by atoms with Crippen molar-refractivity contribution in [1.29, 1.82) is 5.26 Å². The van der Waals surface area contributed by atoms with Crippen LogP contribution in [0, 0.1) is 11.3 Å². The van der Waals surface area contributed by atoms with Gasteiger partial charge in [-0.15, -0.1) is 0 Å². The van der Waals surface area contributed by atoms with Crippen molar-refractivity contribution in [3.63, 3.8) is 0 Å². The van der Waals surface area contributed by atoms with Gasteiger partial charge in [-0.3, -0.25) is 4.79 Å². The minimum atomic E-state index is -0.295. The first-order valence-electron chi connectivity index (χ1n) is 4.98. The van der Waals surface area contributed by atoms with E-state index >= 15 is 0 Å². The van der Waals surface area contributed by atoms with Gasteiger partial charge in [0.1, 0.15) is 4.60 Å². The maximum Gasteiger partial charge on any atom is 0.256 e. The van der Waals surface area contributed by atoms with Crippen LogP contribution < -0.4 is 5.32 Å². The Bertz CT molecular complexity index is 601. The van der Waals surface area contributed by atoms with Crippen LogP contribution in [0.15, 0.2) is 41.3 Å². The second kappa shape index (κ2) is 5.38. The van der Waals surface area contributed by atoms with Crippen LogP contribution in [0.25, 0.3) is 0 Å². The highest BCUT2D eigenvalue weighted by Crippen LogP contribution is 2.09. The highest BCUT2D eigenvalue weighted by Gasteiger charge is 2.06. The van der Waals surface area contributed by atoms with Gasteiger partial charge < -0.3 is 5.32 Å². The van der Waals surface area contributed by atoms with Crippen LogP contribution in [0.2, 0.25) is 0 Å². The van der Waals surface area contributed by atoms with E-state index in [0.29, 0.717) is 21.5 Å². The normalized spacial score (nSPS) is 9.56. The molecule has 0 aliphatic rings. The number of hydrogen-bond acceptors (Lipinski definition) is 4. The molecule has 0 bridgehead atoms. The smallest absolute Gasteiger partial charge is 0.256 e. The van der Waals surface area contributed by atoms with Gasteiger partial charge in [-0.2, -0.15) is 5.26 Å². The third kappa shape index (κ3) is 2.90. The van der Waals surface area contributed by atoms with E-state index in [-0.39, 0.29) is 5.91 Å². The molecule has 1 heterocycles. The summed E-state index contributed by atoms with van der Waals surface area (Å²) < 4.78 is 0.596. The molecule has 1 N–H and O–H groups in total. The van der Waals surface area contributed by atoms with Gasteiger partial charge in [-0.25, -0.2) is 9.97 Å². The van der Waals surface area contributed by atoms with Crippen LogP contribution in [0.4, 0.5) is 5.82 Å². The number of anilines is 1. The van der Waals surface area contributed by atoms with Crippen LogP contribution in [0.3, 0.4) is 0 Å².